The van der Waals surface area contributed by atoms with Gasteiger partial charge in [-0.3, -0.25) is 9.89 Å². The van der Waals surface area contributed by atoms with E-state index in [2.05, 4.69) is 21.6 Å². The van der Waals surface area contributed by atoms with Crippen molar-refractivity contribution in [2.75, 3.05) is 6.61 Å². The molecule has 1 amide bonds. The van der Waals surface area contributed by atoms with Gasteiger partial charge in [-0.25, -0.2) is 0 Å². The first-order valence-corrected chi connectivity index (χ1v) is 7.39. The van der Waals surface area contributed by atoms with E-state index in [4.69, 9.17) is 4.74 Å². The second-order valence-corrected chi connectivity index (χ2v) is 5.55. The van der Waals surface area contributed by atoms with Gasteiger partial charge >= 0.3 is 0 Å². The van der Waals surface area contributed by atoms with Crippen molar-refractivity contribution in [2.45, 2.75) is 51.7 Å². The highest BCUT2D eigenvalue weighted by molar-refractivity contribution is 5.94. The van der Waals surface area contributed by atoms with Crippen LogP contribution in [0.2, 0.25) is 0 Å². The van der Waals surface area contributed by atoms with Crippen LogP contribution in [0.3, 0.4) is 0 Å². The molecule has 0 spiro atoms. The topological polar surface area (TPSA) is 67.0 Å². The number of nitrogens with one attached hydrogen (secondary N) is 2. The predicted octanol–water partition coefficient (Wildman–Crippen LogP) is 2.10. The Morgan fingerprint density at radius 2 is 2.35 bits per heavy atom. The fourth-order valence-corrected chi connectivity index (χ4v) is 2.91. The number of amides is 1. The molecule has 1 aliphatic heterocycles. The van der Waals surface area contributed by atoms with Gasteiger partial charge in [0.05, 0.1) is 13.2 Å². The lowest BCUT2D eigenvalue weighted by molar-refractivity contribution is 0.0917. The van der Waals surface area contributed by atoms with E-state index < -0.39 is 0 Å². The van der Waals surface area contributed by atoms with Gasteiger partial charge in [-0.2, -0.15) is 5.10 Å². The van der Waals surface area contributed by atoms with Crippen molar-refractivity contribution in [3.63, 3.8) is 0 Å². The minimum absolute atomic E-state index is 0.0830. The molecule has 0 fully saturated rings. The molecule has 108 valence electrons. The maximum Gasteiger partial charge on any atom is 0.272 e. The highest BCUT2D eigenvalue weighted by Gasteiger charge is 2.23. The third-order valence-corrected chi connectivity index (χ3v) is 4.14. The first-order valence-electron chi connectivity index (χ1n) is 7.39. The summed E-state index contributed by atoms with van der Waals surface area (Å²) in [6.07, 6.45) is 7.75. The Balaban J connectivity index is 1.70. The molecule has 2 heterocycles. The summed E-state index contributed by atoms with van der Waals surface area (Å²) in [7, 11) is 0. The SMILES string of the molecule is CC(NC(=O)c1n[nH]c2c1COCC2)C1=CCCCC1. The Labute approximate surface area is 118 Å². The molecular formula is C15H21N3O2. The quantitative estimate of drug-likeness (QED) is 0.830. The molecular weight excluding hydrogens is 254 g/mol. The highest BCUT2D eigenvalue weighted by atomic mass is 16.5. The second kappa shape index (κ2) is 5.79. The molecule has 3 rings (SSSR count). The largest absolute Gasteiger partial charge is 0.376 e. The number of carbonyl (C=O) groups excluding carboxylic acids is 1. The average molecular weight is 275 g/mol. The van der Waals surface area contributed by atoms with Crippen molar-refractivity contribution in [3.05, 3.63) is 28.6 Å². The predicted molar refractivity (Wildman–Crippen MR) is 75.4 cm³/mol. The van der Waals surface area contributed by atoms with Gasteiger partial charge in [0, 0.05) is 23.7 Å². The van der Waals surface area contributed by atoms with Crippen LogP contribution in [0.4, 0.5) is 0 Å². The van der Waals surface area contributed by atoms with Crippen LogP contribution in [-0.4, -0.2) is 28.8 Å². The number of nitrogens with zero attached hydrogens (tertiary/aromatic N) is 1. The number of aromatic amines is 1. The molecule has 2 N–H and O–H groups in total. The van der Waals surface area contributed by atoms with Gasteiger partial charge in [0.1, 0.15) is 0 Å². The highest BCUT2D eigenvalue weighted by Crippen LogP contribution is 2.21. The Kier molecular flexibility index (Phi) is 3.87. The molecule has 5 heteroatoms. The summed E-state index contributed by atoms with van der Waals surface area (Å²) in [5.74, 6) is -0.105. The lowest BCUT2D eigenvalue weighted by atomic mass is 9.94. The van der Waals surface area contributed by atoms with E-state index in [0.29, 0.717) is 18.9 Å². The number of ether oxygens (including phenoxy) is 1. The summed E-state index contributed by atoms with van der Waals surface area (Å²) in [6, 6.07) is 0.0830. The zero-order chi connectivity index (χ0) is 13.9. The van der Waals surface area contributed by atoms with E-state index in [1.54, 1.807) is 0 Å². The normalized spacial score (nSPS) is 19.9. The maximum absolute atomic E-state index is 12.4. The molecule has 1 aromatic rings. The fourth-order valence-electron chi connectivity index (χ4n) is 2.91. The first-order chi connectivity index (χ1) is 9.75. The van der Waals surface area contributed by atoms with E-state index in [9.17, 15) is 4.79 Å². The van der Waals surface area contributed by atoms with Crippen molar-refractivity contribution in [2.24, 2.45) is 0 Å². The molecule has 1 atom stereocenters. The van der Waals surface area contributed by atoms with Crippen molar-refractivity contribution in [1.29, 1.82) is 0 Å². The minimum atomic E-state index is -0.105. The lowest BCUT2D eigenvalue weighted by Crippen LogP contribution is -2.35. The molecule has 0 bridgehead atoms. The number of rotatable bonds is 3. The van der Waals surface area contributed by atoms with E-state index in [-0.39, 0.29) is 11.9 Å². The van der Waals surface area contributed by atoms with Crippen molar-refractivity contribution >= 4 is 5.91 Å². The van der Waals surface area contributed by atoms with Crippen LogP contribution < -0.4 is 5.32 Å². The van der Waals surface area contributed by atoms with E-state index in [1.165, 1.54) is 18.4 Å². The zero-order valence-corrected chi connectivity index (χ0v) is 11.9. The van der Waals surface area contributed by atoms with E-state index in [0.717, 1.165) is 30.5 Å². The van der Waals surface area contributed by atoms with Crippen LogP contribution in [0.15, 0.2) is 11.6 Å². The van der Waals surface area contributed by atoms with Gasteiger partial charge in [-0.15, -0.1) is 0 Å². The Morgan fingerprint density at radius 3 is 3.15 bits per heavy atom. The number of carbonyl (C=O) groups is 1. The lowest BCUT2D eigenvalue weighted by Gasteiger charge is -2.21. The smallest absolute Gasteiger partial charge is 0.272 e. The van der Waals surface area contributed by atoms with Gasteiger partial charge in [0.15, 0.2) is 5.69 Å². The van der Waals surface area contributed by atoms with Crippen molar-refractivity contribution < 1.29 is 9.53 Å². The molecule has 1 aromatic heterocycles. The van der Waals surface area contributed by atoms with Gasteiger partial charge in [0.2, 0.25) is 0 Å². The monoisotopic (exact) mass is 275 g/mol. The van der Waals surface area contributed by atoms with Crippen LogP contribution in [0.25, 0.3) is 0 Å². The van der Waals surface area contributed by atoms with Gasteiger partial charge in [0.25, 0.3) is 5.91 Å². The number of fused-ring (bicyclic) bond motifs is 1. The molecule has 0 saturated carbocycles. The summed E-state index contributed by atoms with van der Waals surface area (Å²) in [5, 5.41) is 10.2. The Hall–Kier alpha value is -1.62. The fraction of sp³-hybridized carbons (Fsp3) is 0.600. The maximum atomic E-state index is 12.4. The number of H-pyrrole nitrogens is 1. The second-order valence-electron chi connectivity index (χ2n) is 5.55. The molecule has 20 heavy (non-hydrogen) atoms. The molecule has 0 saturated heterocycles. The van der Waals surface area contributed by atoms with Crippen molar-refractivity contribution in [1.82, 2.24) is 15.5 Å². The van der Waals surface area contributed by atoms with Crippen molar-refractivity contribution in [3.8, 4) is 0 Å². The molecule has 1 unspecified atom stereocenters. The summed E-state index contributed by atoms with van der Waals surface area (Å²) in [6.45, 7) is 3.22. The van der Waals surface area contributed by atoms with Crippen LogP contribution in [-0.2, 0) is 17.8 Å². The van der Waals surface area contributed by atoms with Crippen LogP contribution >= 0.6 is 0 Å². The number of allylic oxidation sites excluding steroid dienone is 1. The third kappa shape index (κ3) is 2.63. The van der Waals surface area contributed by atoms with Gasteiger partial charge in [-0.1, -0.05) is 11.6 Å². The summed E-state index contributed by atoms with van der Waals surface area (Å²) >= 11 is 0. The van der Waals surface area contributed by atoms with Crippen LogP contribution in [0.5, 0.6) is 0 Å². The van der Waals surface area contributed by atoms with Gasteiger partial charge in [-0.05, 0) is 32.6 Å². The third-order valence-electron chi connectivity index (χ3n) is 4.14. The number of hydrogen-bond donors (Lipinski definition) is 2. The summed E-state index contributed by atoms with van der Waals surface area (Å²) in [4.78, 5) is 12.4. The zero-order valence-electron chi connectivity index (χ0n) is 11.9. The van der Waals surface area contributed by atoms with Crippen LogP contribution in [0.1, 0.15) is 54.4 Å². The molecule has 1 aliphatic carbocycles. The Bertz CT molecular complexity index is 533. The molecule has 0 aromatic carbocycles. The standard InChI is InChI=1S/C15H21N3O2/c1-10(11-5-3-2-4-6-11)16-15(19)14-12-9-20-8-7-13(12)17-18-14/h5,10H,2-4,6-9H2,1H3,(H,16,19)(H,17,18). The molecule has 0 radical (unpaired) electrons. The number of aromatic nitrogens is 2. The molecule has 2 aliphatic rings. The van der Waals surface area contributed by atoms with E-state index in [1.807, 2.05) is 6.92 Å². The Morgan fingerprint density at radius 1 is 1.45 bits per heavy atom. The molecule has 5 nitrogen and oxygen atoms in total. The minimum Gasteiger partial charge on any atom is -0.376 e. The summed E-state index contributed by atoms with van der Waals surface area (Å²) < 4.78 is 5.42. The average Bonchev–Trinajstić information content (AvgIpc) is 2.92. The number of hydrogen-bond acceptors (Lipinski definition) is 3. The van der Waals surface area contributed by atoms with Crippen LogP contribution in [0, 0.1) is 0 Å². The van der Waals surface area contributed by atoms with E-state index >= 15 is 0 Å². The van der Waals surface area contributed by atoms with Gasteiger partial charge < -0.3 is 10.1 Å². The summed E-state index contributed by atoms with van der Waals surface area (Å²) in [5.41, 5.74) is 3.78. The first kappa shape index (κ1) is 13.4.